The van der Waals surface area contributed by atoms with Gasteiger partial charge in [-0.2, -0.15) is 0 Å². The van der Waals surface area contributed by atoms with Crippen molar-refractivity contribution >= 4 is 11.0 Å². The number of hydrogen-bond donors (Lipinski definition) is 0. The summed E-state index contributed by atoms with van der Waals surface area (Å²) in [5.41, 5.74) is 4.74. The molecular weight excluding hydrogens is 462 g/mol. The predicted octanol–water partition coefficient (Wildman–Crippen LogP) is 6.67. The van der Waals surface area contributed by atoms with Gasteiger partial charge in [0, 0.05) is 23.9 Å². The third-order valence-electron chi connectivity index (χ3n) is 6.14. The minimum Gasteiger partial charge on any atom is -0.494 e. The molecule has 0 spiro atoms. The van der Waals surface area contributed by atoms with Crippen LogP contribution in [0.4, 0.5) is 0 Å². The molecule has 182 valence electrons. The molecule has 0 saturated heterocycles. The van der Waals surface area contributed by atoms with Gasteiger partial charge in [0.05, 0.1) is 17.6 Å². The number of para-hydroxylation sites is 2. The zero-order valence-electron chi connectivity index (χ0n) is 20.2. The number of fused-ring (bicyclic) bond motifs is 1. The van der Waals surface area contributed by atoms with Gasteiger partial charge in [-0.05, 0) is 73.5 Å². The summed E-state index contributed by atoms with van der Waals surface area (Å²) in [6.07, 6.45) is 3.68. The van der Waals surface area contributed by atoms with E-state index < -0.39 is 0 Å². The highest BCUT2D eigenvalue weighted by molar-refractivity contribution is 5.79. The Labute approximate surface area is 214 Å². The van der Waals surface area contributed by atoms with Crippen LogP contribution < -0.4 is 4.74 Å². The van der Waals surface area contributed by atoms with Crippen LogP contribution in [0.2, 0.25) is 0 Å². The van der Waals surface area contributed by atoms with E-state index in [0.29, 0.717) is 18.4 Å². The van der Waals surface area contributed by atoms with Crippen LogP contribution in [-0.4, -0.2) is 31.3 Å². The van der Waals surface area contributed by atoms with Crippen LogP contribution in [0.1, 0.15) is 12.8 Å². The molecule has 7 heteroatoms. The molecule has 0 aliphatic carbocycles. The summed E-state index contributed by atoms with van der Waals surface area (Å²) in [4.78, 5) is 9.34. The lowest BCUT2D eigenvalue weighted by Crippen LogP contribution is -2.04. The van der Waals surface area contributed by atoms with E-state index in [-0.39, 0.29) is 0 Å². The molecule has 0 N–H and O–H groups in total. The minimum atomic E-state index is 0.488. The van der Waals surface area contributed by atoms with Crippen molar-refractivity contribution in [1.29, 1.82) is 0 Å². The summed E-state index contributed by atoms with van der Waals surface area (Å²) in [7, 11) is 0. The van der Waals surface area contributed by atoms with Crippen LogP contribution in [0, 0.1) is 0 Å². The van der Waals surface area contributed by atoms with Gasteiger partial charge in [-0.1, -0.05) is 36.4 Å². The molecular formula is C30H25N5O2. The van der Waals surface area contributed by atoms with E-state index in [9.17, 15) is 0 Å². The number of rotatable bonds is 9. The molecule has 37 heavy (non-hydrogen) atoms. The number of imidazole rings is 1. The van der Waals surface area contributed by atoms with Crippen molar-refractivity contribution in [3.63, 3.8) is 0 Å². The molecule has 0 saturated carbocycles. The maximum Gasteiger partial charge on any atom is 0.248 e. The Morgan fingerprint density at radius 1 is 0.703 bits per heavy atom. The number of nitrogens with zero attached hydrogens (tertiary/aromatic N) is 5. The molecule has 6 rings (SSSR count). The highest BCUT2D eigenvalue weighted by atomic mass is 16.5. The molecule has 3 aromatic heterocycles. The van der Waals surface area contributed by atoms with E-state index in [2.05, 4.69) is 25.8 Å². The number of benzene rings is 3. The van der Waals surface area contributed by atoms with Crippen LogP contribution >= 0.6 is 0 Å². The fourth-order valence-corrected chi connectivity index (χ4v) is 4.29. The molecule has 3 heterocycles. The topological polar surface area (TPSA) is 78.9 Å². The first-order valence-corrected chi connectivity index (χ1v) is 12.3. The predicted molar refractivity (Wildman–Crippen MR) is 143 cm³/mol. The van der Waals surface area contributed by atoms with Crippen LogP contribution in [0.5, 0.6) is 5.75 Å². The molecule has 3 aromatic carbocycles. The summed E-state index contributed by atoms with van der Waals surface area (Å²) in [6.45, 7) is 1.47. The monoisotopic (exact) mass is 487 g/mol. The maximum absolute atomic E-state index is 5.99. The van der Waals surface area contributed by atoms with Crippen molar-refractivity contribution in [3.8, 4) is 40.2 Å². The van der Waals surface area contributed by atoms with E-state index in [1.54, 1.807) is 6.20 Å². The molecule has 0 unspecified atom stereocenters. The van der Waals surface area contributed by atoms with Gasteiger partial charge in [-0.3, -0.25) is 4.98 Å². The standard InChI is InChI=1S/C30H25N5O2/c1-2-10-22(11-3-1)29-33-34-30(37-29)23-15-17-24(18-16-23)36-21-9-8-20-35-27-14-5-4-12-25(27)32-28(35)26-13-6-7-19-31-26/h1-7,10-19H,8-9,20-21H2. The van der Waals surface area contributed by atoms with Gasteiger partial charge in [-0.25, -0.2) is 4.98 Å². The molecule has 7 nitrogen and oxygen atoms in total. The van der Waals surface area contributed by atoms with Gasteiger partial charge >= 0.3 is 0 Å². The summed E-state index contributed by atoms with van der Waals surface area (Å²) >= 11 is 0. The summed E-state index contributed by atoms with van der Waals surface area (Å²) in [5, 5.41) is 8.35. The zero-order valence-corrected chi connectivity index (χ0v) is 20.2. The second-order valence-corrected chi connectivity index (χ2v) is 8.65. The number of aromatic nitrogens is 5. The van der Waals surface area contributed by atoms with Crippen molar-refractivity contribution in [2.45, 2.75) is 19.4 Å². The van der Waals surface area contributed by atoms with Crippen molar-refractivity contribution in [1.82, 2.24) is 24.7 Å². The molecule has 0 atom stereocenters. The van der Waals surface area contributed by atoms with Crippen molar-refractivity contribution in [2.24, 2.45) is 0 Å². The lowest BCUT2D eigenvalue weighted by atomic mass is 10.2. The molecule has 0 amide bonds. The van der Waals surface area contributed by atoms with E-state index in [0.717, 1.165) is 58.8 Å². The van der Waals surface area contributed by atoms with Gasteiger partial charge in [0.1, 0.15) is 11.4 Å². The van der Waals surface area contributed by atoms with E-state index in [4.69, 9.17) is 14.1 Å². The number of unbranched alkanes of at least 4 members (excludes halogenated alkanes) is 1. The van der Waals surface area contributed by atoms with Crippen LogP contribution in [0.15, 0.2) is 108 Å². The Bertz CT molecular complexity index is 1590. The minimum absolute atomic E-state index is 0.488. The molecule has 0 aliphatic rings. The molecule has 0 bridgehead atoms. The Hall–Kier alpha value is -4.78. The maximum atomic E-state index is 5.99. The summed E-state index contributed by atoms with van der Waals surface area (Å²) in [6, 6.07) is 31.6. The molecule has 0 aliphatic heterocycles. The third-order valence-corrected chi connectivity index (χ3v) is 6.14. The van der Waals surface area contributed by atoms with E-state index >= 15 is 0 Å². The van der Waals surface area contributed by atoms with Gasteiger partial charge in [0.15, 0.2) is 5.82 Å². The second-order valence-electron chi connectivity index (χ2n) is 8.65. The third kappa shape index (κ3) is 4.97. The highest BCUT2D eigenvalue weighted by Gasteiger charge is 2.13. The van der Waals surface area contributed by atoms with Crippen molar-refractivity contribution < 1.29 is 9.15 Å². The normalized spacial score (nSPS) is 11.1. The number of pyridine rings is 1. The smallest absolute Gasteiger partial charge is 0.248 e. The highest BCUT2D eigenvalue weighted by Crippen LogP contribution is 2.26. The average Bonchev–Trinajstić information content (AvgIpc) is 3.60. The second kappa shape index (κ2) is 10.5. The summed E-state index contributed by atoms with van der Waals surface area (Å²) in [5.74, 6) is 2.71. The van der Waals surface area contributed by atoms with E-state index in [1.165, 1.54) is 0 Å². The Morgan fingerprint density at radius 2 is 1.43 bits per heavy atom. The molecule has 0 fully saturated rings. The fourth-order valence-electron chi connectivity index (χ4n) is 4.29. The number of aryl methyl sites for hydroxylation is 1. The van der Waals surface area contributed by atoms with Gasteiger partial charge in [0.2, 0.25) is 11.8 Å². The SMILES string of the molecule is c1ccc(-c2nnc(-c3ccc(OCCCCn4c(-c5ccccn5)nc5ccccc54)cc3)o2)cc1. The van der Waals surface area contributed by atoms with Crippen LogP contribution in [0.25, 0.3) is 45.5 Å². The summed E-state index contributed by atoms with van der Waals surface area (Å²) < 4.78 is 14.1. The van der Waals surface area contributed by atoms with Crippen molar-refractivity contribution in [3.05, 3.63) is 103 Å². The van der Waals surface area contributed by atoms with Crippen LogP contribution in [0.3, 0.4) is 0 Å². The first-order valence-electron chi connectivity index (χ1n) is 12.3. The Balaban J connectivity index is 1.05. The molecule has 0 radical (unpaired) electrons. The van der Waals surface area contributed by atoms with Gasteiger partial charge < -0.3 is 13.7 Å². The Morgan fingerprint density at radius 3 is 2.22 bits per heavy atom. The Kier molecular flexibility index (Phi) is 6.41. The van der Waals surface area contributed by atoms with Crippen LogP contribution in [-0.2, 0) is 6.54 Å². The molecule has 6 aromatic rings. The number of ether oxygens (including phenoxy) is 1. The fraction of sp³-hybridized carbons (Fsp3) is 0.133. The first-order chi connectivity index (χ1) is 18.3. The lowest BCUT2D eigenvalue weighted by molar-refractivity contribution is 0.303. The lowest BCUT2D eigenvalue weighted by Gasteiger charge is -2.10. The first kappa shape index (κ1) is 22.7. The zero-order chi connectivity index (χ0) is 24.9. The number of hydrogen-bond acceptors (Lipinski definition) is 6. The average molecular weight is 488 g/mol. The van der Waals surface area contributed by atoms with Crippen molar-refractivity contribution in [2.75, 3.05) is 6.61 Å². The van der Waals surface area contributed by atoms with Gasteiger partial charge in [0.25, 0.3) is 0 Å². The van der Waals surface area contributed by atoms with E-state index in [1.807, 2.05) is 91.0 Å². The quantitative estimate of drug-likeness (QED) is 0.212. The largest absolute Gasteiger partial charge is 0.494 e. The van der Waals surface area contributed by atoms with Gasteiger partial charge in [-0.15, -0.1) is 10.2 Å².